The molecule has 2 amide bonds. The maximum Gasteiger partial charge on any atom is 0.500 e. The molecule has 3 N–H and O–H groups in total. The molecule has 2 heterocycles. The van der Waals surface area contributed by atoms with E-state index in [2.05, 4.69) is 20.4 Å². The minimum absolute atomic E-state index is 0. The van der Waals surface area contributed by atoms with Crippen molar-refractivity contribution in [1.29, 1.82) is 5.26 Å². The molecule has 388 valence electrons. The van der Waals surface area contributed by atoms with Crippen LogP contribution in [0.1, 0.15) is 38.5 Å². The number of nitriles is 1. The summed E-state index contributed by atoms with van der Waals surface area (Å²) in [6.07, 6.45) is 16.3. The minimum Gasteiger partial charge on any atom is -1.00 e. The normalized spacial score (nSPS) is 10.7. The number of halogens is 3. The molecular weight excluding hydrogens is 985 g/mol. The number of ether oxygens (including phenoxy) is 3. The molecule has 0 bridgehead atoms. The Morgan fingerprint density at radius 2 is 1.14 bits per heavy atom. The number of carbonyl (C=O) groups is 2. The van der Waals surface area contributed by atoms with E-state index in [-0.39, 0.29) is 19.0 Å². The fourth-order valence-electron chi connectivity index (χ4n) is 4.82. The van der Waals surface area contributed by atoms with Gasteiger partial charge in [0, 0.05) is 139 Å². The molecule has 2 rings (SSSR count). The van der Waals surface area contributed by atoms with Gasteiger partial charge in [0.2, 0.25) is 6.33 Å². The van der Waals surface area contributed by atoms with Gasteiger partial charge in [0.15, 0.2) is 0 Å². The second-order valence-electron chi connectivity index (χ2n) is 13.0. The van der Waals surface area contributed by atoms with Gasteiger partial charge in [0.05, 0.1) is 33.1 Å². The number of hydrogen-bond donors (Lipinski definition) is 3. The van der Waals surface area contributed by atoms with Crippen LogP contribution in [0.25, 0.3) is 0 Å². The summed E-state index contributed by atoms with van der Waals surface area (Å²) in [7, 11) is 10.5. The molecule has 0 aliphatic rings. The number of nitrogens with one attached hydrogen (secondary N) is 2. The van der Waals surface area contributed by atoms with E-state index in [1.807, 2.05) is 52.7 Å². The Morgan fingerprint density at radius 1 is 0.697 bits per heavy atom. The van der Waals surface area contributed by atoms with Gasteiger partial charge in [0.25, 0.3) is 6.26 Å². The van der Waals surface area contributed by atoms with Gasteiger partial charge in [-0.2, -0.15) is 5.26 Å². The van der Waals surface area contributed by atoms with E-state index in [1.165, 1.54) is 0 Å². The summed E-state index contributed by atoms with van der Waals surface area (Å²) in [5.41, 5.74) is 0. The van der Waals surface area contributed by atoms with Crippen molar-refractivity contribution in [1.82, 2.24) is 24.8 Å². The predicted octanol–water partition coefficient (Wildman–Crippen LogP) is 1.09. The van der Waals surface area contributed by atoms with Crippen LogP contribution in [0.15, 0.2) is 37.4 Å². The number of alkyl carbamates (subject to hydrolysis) is 2. The number of hydrogen-bond acceptors (Lipinski definition) is 17. The Morgan fingerprint density at radius 3 is 1.44 bits per heavy atom. The number of aromatic nitrogens is 4. The number of amides is 2. The highest BCUT2D eigenvalue weighted by Crippen LogP contribution is 2.16. The lowest BCUT2D eigenvalue weighted by Crippen LogP contribution is -3.00. The molecule has 0 saturated carbocycles. The molecule has 0 unspecified atom stereocenters. The molecule has 0 atom stereocenters. The van der Waals surface area contributed by atoms with Gasteiger partial charge in [-0.15, -0.1) is 23.2 Å². The largest absolute Gasteiger partial charge is 1.00 e. The van der Waals surface area contributed by atoms with Crippen molar-refractivity contribution in [3.05, 3.63) is 37.4 Å². The Balaban J connectivity index is -0.000000397. The van der Waals surface area contributed by atoms with E-state index in [0.29, 0.717) is 94.9 Å². The third kappa shape index (κ3) is 37.4. The zero-order chi connectivity index (χ0) is 49.7. The second-order valence-corrected chi connectivity index (χ2v) is 23.0. The second kappa shape index (κ2) is 47.4. The highest BCUT2D eigenvalue weighted by Gasteiger charge is 2.38. The number of carbonyl (C=O) groups excluding carboxylic acids is 2. The van der Waals surface area contributed by atoms with Gasteiger partial charge in [-0.05, 0) is 32.1 Å². The van der Waals surface area contributed by atoms with E-state index < -0.39 is 38.6 Å². The number of nitrogens with zero attached hydrogens (tertiary/aromatic N) is 5. The molecule has 66 heavy (non-hydrogen) atoms. The van der Waals surface area contributed by atoms with Gasteiger partial charge in [0.1, 0.15) is 19.0 Å². The van der Waals surface area contributed by atoms with Gasteiger partial charge in [-0.25, -0.2) is 23.7 Å². The van der Waals surface area contributed by atoms with Crippen molar-refractivity contribution in [3.8, 4) is 6.26 Å². The van der Waals surface area contributed by atoms with Gasteiger partial charge in [-0.3, -0.25) is 0 Å². The molecular formula is C38H78Cl3N7O15Si3. The number of aliphatic hydroxyl groups is 1. The summed E-state index contributed by atoms with van der Waals surface area (Å²) < 4.78 is 67.7. The minimum atomic E-state index is -2.55. The molecule has 0 spiro atoms. The van der Waals surface area contributed by atoms with Crippen LogP contribution in [0.5, 0.6) is 0 Å². The molecule has 2 aromatic heterocycles. The van der Waals surface area contributed by atoms with Crippen molar-refractivity contribution < 1.29 is 85.7 Å². The van der Waals surface area contributed by atoms with Gasteiger partial charge >= 0.3 is 38.6 Å². The monoisotopic (exact) mass is 1060 g/mol. The van der Waals surface area contributed by atoms with E-state index >= 15 is 0 Å². The lowest BCUT2D eigenvalue weighted by Gasteiger charge is -2.24. The van der Waals surface area contributed by atoms with Crippen LogP contribution in [0.4, 0.5) is 9.59 Å². The number of aliphatic hydroxyl groups excluding tert-OH is 1. The number of alkyl halides is 2. The van der Waals surface area contributed by atoms with Crippen LogP contribution in [-0.4, -0.2) is 173 Å². The summed E-state index contributed by atoms with van der Waals surface area (Å²) in [6, 6.07) is 1.93. The van der Waals surface area contributed by atoms with Crippen LogP contribution in [-0.2, 0) is 74.7 Å². The number of rotatable bonds is 30. The fraction of sp³-hybridized carbons (Fsp3) is 0.763. The molecule has 28 heteroatoms. The Bertz CT molecular complexity index is 1390. The number of aryl methyl sites for hydroxylation is 3. The van der Waals surface area contributed by atoms with E-state index in [9.17, 15) is 9.59 Å². The van der Waals surface area contributed by atoms with Crippen molar-refractivity contribution in [3.63, 3.8) is 0 Å². The summed E-state index contributed by atoms with van der Waals surface area (Å²) in [5, 5.41) is 21.4. The molecule has 2 aromatic rings. The van der Waals surface area contributed by atoms with E-state index in [4.69, 9.17) is 82.9 Å². The van der Waals surface area contributed by atoms with Crippen molar-refractivity contribution in [2.24, 2.45) is 14.1 Å². The summed E-state index contributed by atoms with van der Waals surface area (Å²) in [6.45, 7) is 3.12. The molecule has 0 aliphatic carbocycles. The number of imidazole rings is 2. The molecule has 0 fully saturated rings. The van der Waals surface area contributed by atoms with Crippen LogP contribution < -0.4 is 27.6 Å². The van der Waals surface area contributed by atoms with Gasteiger partial charge < -0.3 is 86.8 Å². The Hall–Kier alpha value is -2.63. The average molecular weight is 1060 g/mol. The first-order valence-corrected chi connectivity index (χ1v) is 27.5. The van der Waals surface area contributed by atoms with Crippen LogP contribution in [0, 0.1) is 11.5 Å². The topological polar surface area (TPSA) is 240 Å². The SMILES string of the molecule is CO[Si](CCCNC(=O)OCCCCl)(OC)OC.CO[Si](CCCNC(=O)OCCCn1cc[n+](C)c1)(OC)OC.CO[Si](CCCOC#N)(OC)OC.Cn1ccnc1.OCCCCl.[Cl-]. The smallest absolute Gasteiger partial charge is 0.500 e. The summed E-state index contributed by atoms with van der Waals surface area (Å²) in [4.78, 5) is 26.5. The van der Waals surface area contributed by atoms with E-state index in [0.717, 1.165) is 13.0 Å². The van der Waals surface area contributed by atoms with Gasteiger partial charge in [-0.1, -0.05) is 0 Å². The standard InChI is InChI=1S/C14H27N3O5Si.C10H22ClNO5Si.C7H15NO4Si.C4H6N2.C3H7ClO.ClH/c1-16-9-10-17(13-16)8-6-11-22-14(18)15-7-5-12-23(19-2,20-3)21-4;1-14-18(15-2,16-3)9-5-7-12-10(13)17-8-4-6-11;1-9-13(10-2,11-3)6-4-5-12-7-8;1-6-3-2-5-4-6;4-2-1-3-5;/h9-10,13H,5-8,11-12H2,1-4H3;4-9H2,1-3H3,(H,12,13);4-6H2,1-3H3;2-4H,1H3;5H,1-3H2;1H. The first-order valence-electron chi connectivity index (χ1n) is 20.7. The molecule has 22 nitrogen and oxygen atoms in total. The third-order valence-electron chi connectivity index (χ3n) is 8.51. The molecule has 0 aromatic carbocycles. The maximum atomic E-state index is 11.6. The molecule has 0 radical (unpaired) electrons. The van der Waals surface area contributed by atoms with Crippen molar-refractivity contribution in [2.45, 2.75) is 63.2 Å². The fourth-order valence-corrected chi connectivity index (χ4v) is 10.2. The summed E-state index contributed by atoms with van der Waals surface area (Å²) >= 11 is 10.6. The zero-order valence-electron chi connectivity index (χ0n) is 40.7. The first kappa shape index (κ1) is 69.9. The highest BCUT2D eigenvalue weighted by atomic mass is 35.5. The average Bonchev–Trinajstić information content (AvgIpc) is 4.00. The Labute approximate surface area is 412 Å². The zero-order valence-corrected chi connectivity index (χ0v) is 46.0. The lowest BCUT2D eigenvalue weighted by molar-refractivity contribution is -0.671. The Kier molecular flexibility index (Phi) is 50.3. The third-order valence-corrected chi connectivity index (χ3v) is 17.5. The van der Waals surface area contributed by atoms with Crippen molar-refractivity contribution >= 4 is 61.8 Å². The summed E-state index contributed by atoms with van der Waals surface area (Å²) in [5.74, 6) is 1.05. The first-order chi connectivity index (χ1) is 31.2. The highest BCUT2D eigenvalue weighted by molar-refractivity contribution is 6.61. The quantitative estimate of drug-likeness (QED) is 0.0326. The lowest BCUT2D eigenvalue weighted by atomic mass is 10.4. The van der Waals surface area contributed by atoms with Crippen LogP contribution in [0.3, 0.4) is 0 Å². The van der Waals surface area contributed by atoms with Crippen molar-refractivity contribution in [2.75, 3.05) is 115 Å². The maximum absolute atomic E-state index is 11.6. The van der Waals surface area contributed by atoms with E-state index in [1.54, 1.807) is 82.8 Å². The van der Waals surface area contributed by atoms with Crippen LogP contribution in [0.2, 0.25) is 18.1 Å². The molecule has 0 aliphatic heterocycles. The predicted molar refractivity (Wildman–Crippen MR) is 250 cm³/mol. The molecule has 0 saturated heterocycles. The van der Waals surface area contributed by atoms with Crippen LogP contribution >= 0.6 is 23.2 Å².